The molecule has 0 saturated heterocycles. The van der Waals surface area contributed by atoms with Crippen molar-refractivity contribution < 1.29 is 19.7 Å². The fourth-order valence-electron chi connectivity index (χ4n) is 2.72. The molecule has 1 rings (SSSR count). The fourth-order valence-corrected chi connectivity index (χ4v) is 2.72. The van der Waals surface area contributed by atoms with Gasteiger partial charge < -0.3 is 20.7 Å². The van der Waals surface area contributed by atoms with Gasteiger partial charge in [-0.3, -0.25) is 0 Å². The summed E-state index contributed by atoms with van der Waals surface area (Å²) >= 11 is 0. The zero-order valence-electron chi connectivity index (χ0n) is 14.7. The second-order valence-electron chi connectivity index (χ2n) is 6.24. The summed E-state index contributed by atoms with van der Waals surface area (Å²) in [7, 11) is 0. The first-order chi connectivity index (χ1) is 11.6. The molecule has 5 nitrogen and oxygen atoms in total. The van der Waals surface area contributed by atoms with Crippen molar-refractivity contribution in [1.82, 2.24) is 0 Å². The predicted octanol–water partition coefficient (Wildman–Crippen LogP) is 4.97. The first-order valence-corrected chi connectivity index (χ1v) is 9.04. The maximum atomic E-state index is 10.9. The maximum absolute atomic E-state index is 10.9. The van der Waals surface area contributed by atoms with Gasteiger partial charge in [0.2, 0.25) is 0 Å². The number of nitrogens with two attached hydrogens (primary N) is 1. The summed E-state index contributed by atoms with van der Waals surface area (Å²) < 4.78 is 5.54. The van der Waals surface area contributed by atoms with Crippen LogP contribution in [-0.2, 0) is 0 Å². The van der Waals surface area contributed by atoms with Crippen LogP contribution in [0.2, 0.25) is 0 Å². The highest BCUT2D eigenvalue weighted by atomic mass is 16.5. The average Bonchev–Trinajstić information content (AvgIpc) is 2.51. The highest BCUT2D eigenvalue weighted by Gasteiger charge is 2.15. The molecule has 0 fully saturated rings. The number of aromatic carboxylic acids is 1. The van der Waals surface area contributed by atoms with Gasteiger partial charge in [-0.05, 0) is 6.42 Å². The highest BCUT2D eigenvalue weighted by molar-refractivity contribution is 5.97. The number of hydrogen-bond donors (Lipinski definition) is 3. The van der Waals surface area contributed by atoms with Gasteiger partial charge in [-0.1, -0.05) is 64.7 Å². The Hall–Kier alpha value is -1.91. The summed E-state index contributed by atoms with van der Waals surface area (Å²) in [6.07, 6.45) is 12.6. The van der Waals surface area contributed by atoms with Crippen LogP contribution in [0.25, 0.3) is 0 Å². The van der Waals surface area contributed by atoms with Crippen molar-refractivity contribution >= 4 is 11.7 Å². The van der Waals surface area contributed by atoms with E-state index >= 15 is 0 Å². The van der Waals surface area contributed by atoms with Gasteiger partial charge in [-0.25, -0.2) is 4.79 Å². The van der Waals surface area contributed by atoms with Gasteiger partial charge in [-0.2, -0.15) is 0 Å². The van der Waals surface area contributed by atoms with Gasteiger partial charge in [0.05, 0.1) is 12.3 Å². The first kappa shape index (κ1) is 20.1. The molecule has 0 bridgehead atoms. The van der Waals surface area contributed by atoms with Crippen LogP contribution in [-0.4, -0.2) is 22.8 Å². The van der Waals surface area contributed by atoms with Crippen molar-refractivity contribution in [3.8, 4) is 11.5 Å². The standard InChI is InChI=1S/C19H31NO4/c1-2-3-4-5-6-7-8-9-10-11-12-24-15-13-16(20)18(19(22)23)17(21)14-15/h13-14,21H,2-12,20H2,1H3,(H,22,23). The molecule has 0 saturated carbocycles. The van der Waals surface area contributed by atoms with Gasteiger partial charge in [0.15, 0.2) is 0 Å². The Labute approximate surface area is 144 Å². The molecule has 0 radical (unpaired) electrons. The molecule has 1 aromatic rings. The summed E-state index contributed by atoms with van der Waals surface area (Å²) in [5, 5.41) is 18.6. The zero-order valence-corrected chi connectivity index (χ0v) is 14.7. The van der Waals surface area contributed by atoms with Crippen LogP contribution in [0.15, 0.2) is 12.1 Å². The number of benzene rings is 1. The minimum Gasteiger partial charge on any atom is -0.507 e. The van der Waals surface area contributed by atoms with Crippen LogP contribution in [0.4, 0.5) is 5.69 Å². The SMILES string of the molecule is CCCCCCCCCCCCOc1cc(N)c(C(=O)O)c(O)c1. The van der Waals surface area contributed by atoms with Gasteiger partial charge in [-0.15, -0.1) is 0 Å². The third-order valence-corrected chi connectivity index (χ3v) is 4.10. The van der Waals surface area contributed by atoms with Gasteiger partial charge in [0.1, 0.15) is 17.1 Å². The first-order valence-electron chi connectivity index (χ1n) is 9.04. The Kier molecular flexibility index (Phi) is 9.73. The van der Waals surface area contributed by atoms with E-state index in [0.29, 0.717) is 12.4 Å². The summed E-state index contributed by atoms with van der Waals surface area (Å²) in [5.74, 6) is -1.20. The van der Waals surface area contributed by atoms with Gasteiger partial charge >= 0.3 is 5.97 Å². The Morgan fingerprint density at radius 1 is 1.00 bits per heavy atom. The lowest BCUT2D eigenvalue weighted by Crippen LogP contribution is -2.04. The maximum Gasteiger partial charge on any atom is 0.341 e. The van der Waals surface area contributed by atoms with Crippen molar-refractivity contribution in [2.75, 3.05) is 12.3 Å². The molecule has 0 aliphatic carbocycles. The van der Waals surface area contributed by atoms with E-state index in [0.717, 1.165) is 12.8 Å². The predicted molar refractivity (Wildman–Crippen MR) is 96.8 cm³/mol. The molecule has 0 aromatic heterocycles. The van der Waals surface area contributed by atoms with E-state index < -0.39 is 5.97 Å². The Morgan fingerprint density at radius 2 is 1.54 bits per heavy atom. The normalized spacial score (nSPS) is 10.7. The van der Waals surface area contributed by atoms with E-state index in [4.69, 9.17) is 15.6 Å². The van der Waals surface area contributed by atoms with E-state index in [1.807, 2.05) is 0 Å². The molecule has 4 N–H and O–H groups in total. The van der Waals surface area contributed by atoms with Gasteiger partial charge in [0, 0.05) is 12.1 Å². The lowest BCUT2D eigenvalue weighted by molar-refractivity contribution is 0.0695. The number of ether oxygens (including phenoxy) is 1. The van der Waals surface area contributed by atoms with Crippen LogP contribution in [0.3, 0.4) is 0 Å². The number of hydrogen-bond acceptors (Lipinski definition) is 4. The number of carboxylic acids is 1. The van der Waals surface area contributed by atoms with Crippen molar-refractivity contribution in [1.29, 1.82) is 0 Å². The molecule has 0 spiro atoms. The summed E-state index contributed by atoms with van der Waals surface area (Å²) in [6.45, 7) is 2.78. The molecule has 0 aliphatic rings. The van der Waals surface area contributed by atoms with Crippen LogP contribution in [0, 0.1) is 0 Å². The zero-order chi connectivity index (χ0) is 17.8. The number of phenols is 1. The van der Waals surface area contributed by atoms with Crippen LogP contribution < -0.4 is 10.5 Å². The van der Waals surface area contributed by atoms with Gasteiger partial charge in [0.25, 0.3) is 0 Å². The van der Waals surface area contributed by atoms with Crippen molar-refractivity contribution in [3.63, 3.8) is 0 Å². The molecule has 0 unspecified atom stereocenters. The molecule has 1 aromatic carbocycles. The second kappa shape index (κ2) is 11.6. The molecule has 0 atom stereocenters. The third-order valence-electron chi connectivity index (χ3n) is 4.10. The lowest BCUT2D eigenvalue weighted by Gasteiger charge is -2.10. The van der Waals surface area contributed by atoms with Crippen molar-refractivity contribution in [2.24, 2.45) is 0 Å². The number of nitrogen functional groups attached to an aromatic ring is 1. The Morgan fingerprint density at radius 3 is 2.04 bits per heavy atom. The molecule has 0 amide bonds. The third kappa shape index (κ3) is 7.57. The van der Waals surface area contributed by atoms with E-state index in [-0.39, 0.29) is 17.0 Å². The lowest BCUT2D eigenvalue weighted by atomic mass is 10.1. The molecule has 0 heterocycles. The number of anilines is 1. The smallest absolute Gasteiger partial charge is 0.341 e. The minimum absolute atomic E-state index is 0.0144. The number of carbonyl (C=O) groups is 1. The van der Waals surface area contributed by atoms with E-state index in [9.17, 15) is 9.90 Å². The fraction of sp³-hybridized carbons (Fsp3) is 0.632. The van der Waals surface area contributed by atoms with Crippen LogP contribution in [0.1, 0.15) is 81.5 Å². The summed E-state index contributed by atoms with van der Waals surface area (Å²) in [5.41, 5.74) is 5.37. The Balaban J connectivity index is 2.12. The molecule has 24 heavy (non-hydrogen) atoms. The van der Waals surface area contributed by atoms with Crippen LogP contribution >= 0.6 is 0 Å². The monoisotopic (exact) mass is 337 g/mol. The second-order valence-corrected chi connectivity index (χ2v) is 6.24. The number of unbranched alkanes of at least 4 members (excludes halogenated alkanes) is 9. The minimum atomic E-state index is -1.24. The summed E-state index contributed by atoms with van der Waals surface area (Å²) in [6, 6.07) is 2.75. The highest BCUT2D eigenvalue weighted by Crippen LogP contribution is 2.29. The van der Waals surface area contributed by atoms with E-state index in [2.05, 4.69) is 6.92 Å². The van der Waals surface area contributed by atoms with E-state index in [1.165, 1.54) is 63.5 Å². The molecule has 5 heteroatoms. The summed E-state index contributed by atoms with van der Waals surface area (Å²) in [4.78, 5) is 10.9. The number of carboxylic acid groups (broad SMARTS) is 1. The molecule has 0 aliphatic heterocycles. The Bertz CT molecular complexity index is 479. The van der Waals surface area contributed by atoms with E-state index in [1.54, 1.807) is 0 Å². The average molecular weight is 337 g/mol. The topological polar surface area (TPSA) is 92.8 Å². The molecular formula is C19H31NO4. The van der Waals surface area contributed by atoms with Crippen LogP contribution in [0.5, 0.6) is 11.5 Å². The molecule has 136 valence electrons. The van der Waals surface area contributed by atoms with Crippen molar-refractivity contribution in [2.45, 2.75) is 71.1 Å². The largest absolute Gasteiger partial charge is 0.507 e. The number of rotatable bonds is 13. The number of aromatic hydroxyl groups is 1. The van der Waals surface area contributed by atoms with Crippen molar-refractivity contribution in [3.05, 3.63) is 17.7 Å². The molecular weight excluding hydrogens is 306 g/mol. The quantitative estimate of drug-likeness (QED) is 0.349.